The number of hydrogen-bond donors (Lipinski definition) is 1. The van der Waals surface area contributed by atoms with Gasteiger partial charge in [0.25, 0.3) is 0 Å². The number of fused-ring (bicyclic) bond motifs is 2. The van der Waals surface area contributed by atoms with Crippen LogP contribution < -0.4 is 5.32 Å². The lowest BCUT2D eigenvalue weighted by molar-refractivity contribution is 0.476. The SMILES string of the molecule is c1ccc2c(c1)cnn2CCCn1ccnc1-c1cc2n(n1)CCNC2. The summed E-state index contributed by atoms with van der Waals surface area (Å²) in [7, 11) is 0. The summed E-state index contributed by atoms with van der Waals surface area (Å²) in [6.07, 6.45) is 6.81. The zero-order chi connectivity index (χ0) is 17.3. The molecule has 0 unspecified atom stereocenters. The average molecular weight is 347 g/mol. The van der Waals surface area contributed by atoms with E-state index >= 15 is 0 Å². The Morgan fingerprint density at radius 3 is 3.08 bits per heavy atom. The van der Waals surface area contributed by atoms with Gasteiger partial charge >= 0.3 is 0 Å². The molecule has 0 saturated heterocycles. The fourth-order valence-electron chi connectivity index (χ4n) is 3.62. The minimum atomic E-state index is 0.875. The molecule has 132 valence electrons. The Bertz CT molecular complexity index is 1020. The first kappa shape index (κ1) is 15.3. The molecule has 4 heterocycles. The molecular weight excluding hydrogens is 326 g/mol. The molecular formula is C19H21N7. The van der Waals surface area contributed by atoms with E-state index in [1.165, 1.54) is 16.6 Å². The van der Waals surface area contributed by atoms with E-state index in [4.69, 9.17) is 5.10 Å². The first-order valence-corrected chi connectivity index (χ1v) is 9.08. The lowest BCUT2D eigenvalue weighted by Crippen LogP contribution is -2.28. The Hall–Kier alpha value is -2.93. The molecule has 1 N–H and O–H groups in total. The Balaban J connectivity index is 1.31. The van der Waals surface area contributed by atoms with Gasteiger partial charge in [-0.15, -0.1) is 0 Å². The van der Waals surface area contributed by atoms with E-state index in [1.807, 2.05) is 24.7 Å². The lowest BCUT2D eigenvalue weighted by Gasteiger charge is -2.13. The zero-order valence-electron chi connectivity index (χ0n) is 14.5. The van der Waals surface area contributed by atoms with Crippen LogP contribution in [0.15, 0.2) is 48.9 Å². The Kier molecular flexibility index (Phi) is 3.79. The van der Waals surface area contributed by atoms with E-state index < -0.39 is 0 Å². The molecule has 1 aliphatic rings. The number of imidazole rings is 1. The summed E-state index contributed by atoms with van der Waals surface area (Å²) < 4.78 is 6.35. The van der Waals surface area contributed by atoms with Gasteiger partial charge in [0.1, 0.15) is 5.69 Å². The molecule has 0 saturated carbocycles. The second kappa shape index (κ2) is 6.42. The van der Waals surface area contributed by atoms with Crippen molar-refractivity contribution in [3.8, 4) is 11.5 Å². The number of rotatable bonds is 5. The molecule has 1 aliphatic heterocycles. The molecule has 0 atom stereocenters. The molecule has 4 aromatic rings. The monoisotopic (exact) mass is 347 g/mol. The van der Waals surface area contributed by atoms with Gasteiger partial charge in [0.2, 0.25) is 0 Å². The van der Waals surface area contributed by atoms with Gasteiger partial charge in [0.05, 0.1) is 24.0 Å². The van der Waals surface area contributed by atoms with Crippen LogP contribution in [0.2, 0.25) is 0 Å². The predicted molar refractivity (Wildman–Crippen MR) is 99.5 cm³/mol. The maximum Gasteiger partial charge on any atom is 0.160 e. The highest BCUT2D eigenvalue weighted by atomic mass is 15.3. The van der Waals surface area contributed by atoms with Crippen LogP contribution >= 0.6 is 0 Å². The molecule has 0 spiro atoms. The molecule has 26 heavy (non-hydrogen) atoms. The quantitative estimate of drug-likeness (QED) is 0.602. The van der Waals surface area contributed by atoms with Crippen LogP contribution in [0.3, 0.4) is 0 Å². The smallest absolute Gasteiger partial charge is 0.160 e. The lowest BCUT2D eigenvalue weighted by atomic mass is 10.2. The van der Waals surface area contributed by atoms with E-state index in [-0.39, 0.29) is 0 Å². The van der Waals surface area contributed by atoms with Crippen molar-refractivity contribution >= 4 is 10.9 Å². The average Bonchev–Trinajstić information content (AvgIpc) is 3.39. The highest BCUT2D eigenvalue weighted by molar-refractivity contribution is 5.78. The number of aryl methyl sites for hydroxylation is 2. The fraction of sp³-hybridized carbons (Fsp3) is 0.316. The molecule has 0 amide bonds. The van der Waals surface area contributed by atoms with E-state index in [1.54, 1.807) is 0 Å². The first-order chi connectivity index (χ1) is 12.9. The van der Waals surface area contributed by atoms with Crippen LogP contribution in [-0.2, 0) is 26.2 Å². The number of benzene rings is 1. The summed E-state index contributed by atoms with van der Waals surface area (Å²) >= 11 is 0. The Labute approximate surface area is 151 Å². The molecule has 7 heteroatoms. The van der Waals surface area contributed by atoms with E-state index in [0.29, 0.717) is 0 Å². The minimum absolute atomic E-state index is 0.875. The van der Waals surface area contributed by atoms with Crippen LogP contribution in [0.25, 0.3) is 22.4 Å². The third-order valence-electron chi connectivity index (χ3n) is 4.93. The predicted octanol–water partition coefficient (Wildman–Crippen LogP) is 2.29. The fourth-order valence-corrected chi connectivity index (χ4v) is 3.62. The number of aromatic nitrogens is 6. The molecule has 3 aromatic heterocycles. The summed E-state index contributed by atoms with van der Waals surface area (Å²) in [5, 5.41) is 13.8. The van der Waals surface area contributed by atoms with E-state index in [0.717, 1.165) is 50.7 Å². The van der Waals surface area contributed by atoms with Crippen molar-refractivity contribution in [1.82, 2.24) is 34.4 Å². The van der Waals surface area contributed by atoms with Gasteiger partial charge in [-0.1, -0.05) is 18.2 Å². The molecule has 7 nitrogen and oxygen atoms in total. The second-order valence-electron chi connectivity index (χ2n) is 6.65. The summed E-state index contributed by atoms with van der Waals surface area (Å²) in [5.41, 5.74) is 3.37. The topological polar surface area (TPSA) is 65.5 Å². The van der Waals surface area contributed by atoms with Gasteiger partial charge in [-0.2, -0.15) is 10.2 Å². The highest BCUT2D eigenvalue weighted by Gasteiger charge is 2.15. The molecule has 0 radical (unpaired) electrons. The van der Waals surface area contributed by atoms with Gasteiger partial charge in [-0.25, -0.2) is 4.98 Å². The molecule has 1 aromatic carbocycles. The molecule has 5 rings (SSSR count). The summed E-state index contributed by atoms with van der Waals surface area (Å²) in [4.78, 5) is 4.54. The number of nitrogens with one attached hydrogen (secondary N) is 1. The van der Waals surface area contributed by atoms with E-state index in [9.17, 15) is 0 Å². The van der Waals surface area contributed by atoms with Gasteiger partial charge < -0.3 is 9.88 Å². The van der Waals surface area contributed by atoms with Gasteiger partial charge in [0, 0.05) is 44.0 Å². The van der Waals surface area contributed by atoms with Crippen molar-refractivity contribution < 1.29 is 0 Å². The van der Waals surface area contributed by atoms with Crippen molar-refractivity contribution in [2.75, 3.05) is 6.54 Å². The third-order valence-corrected chi connectivity index (χ3v) is 4.93. The molecule has 0 fully saturated rings. The van der Waals surface area contributed by atoms with Crippen LogP contribution in [0, 0.1) is 0 Å². The maximum absolute atomic E-state index is 4.73. The third kappa shape index (κ3) is 2.70. The Morgan fingerprint density at radius 1 is 1.15 bits per heavy atom. The van der Waals surface area contributed by atoms with Gasteiger partial charge in [0.15, 0.2) is 5.82 Å². The van der Waals surface area contributed by atoms with Crippen molar-refractivity contribution in [1.29, 1.82) is 0 Å². The summed E-state index contributed by atoms with van der Waals surface area (Å²) in [6, 6.07) is 10.5. The van der Waals surface area contributed by atoms with Crippen molar-refractivity contribution in [2.24, 2.45) is 0 Å². The standard InChI is InChI=1S/C19H21N7/c1-2-5-18-15(4-1)13-22-26(18)9-3-8-24-10-7-21-19(24)17-12-16-14-20-6-11-25(16)23-17/h1-2,4-5,7,10,12-13,20H,3,6,8-9,11,14H2. The van der Waals surface area contributed by atoms with Crippen LogP contribution in [0.4, 0.5) is 0 Å². The number of para-hydroxylation sites is 1. The second-order valence-corrected chi connectivity index (χ2v) is 6.65. The van der Waals surface area contributed by atoms with Crippen molar-refractivity contribution in [3.63, 3.8) is 0 Å². The minimum Gasteiger partial charge on any atom is -0.330 e. The van der Waals surface area contributed by atoms with Gasteiger partial charge in [-0.3, -0.25) is 9.36 Å². The molecule has 0 bridgehead atoms. The summed E-state index contributed by atoms with van der Waals surface area (Å²) in [5.74, 6) is 0.942. The maximum atomic E-state index is 4.73. The first-order valence-electron chi connectivity index (χ1n) is 9.08. The zero-order valence-corrected chi connectivity index (χ0v) is 14.5. The van der Waals surface area contributed by atoms with Crippen LogP contribution in [0.1, 0.15) is 12.1 Å². The largest absolute Gasteiger partial charge is 0.330 e. The Morgan fingerprint density at radius 2 is 2.12 bits per heavy atom. The van der Waals surface area contributed by atoms with E-state index in [2.05, 4.69) is 53.6 Å². The number of nitrogens with zero attached hydrogens (tertiary/aromatic N) is 6. The van der Waals surface area contributed by atoms with Crippen molar-refractivity contribution in [2.45, 2.75) is 32.6 Å². The van der Waals surface area contributed by atoms with Crippen LogP contribution in [0.5, 0.6) is 0 Å². The summed E-state index contributed by atoms with van der Waals surface area (Å²) in [6.45, 7) is 4.54. The highest BCUT2D eigenvalue weighted by Crippen LogP contribution is 2.20. The van der Waals surface area contributed by atoms with Crippen LogP contribution in [-0.4, -0.2) is 35.7 Å². The van der Waals surface area contributed by atoms with Crippen molar-refractivity contribution in [3.05, 3.63) is 54.6 Å². The van der Waals surface area contributed by atoms with Gasteiger partial charge in [-0.05, 0) is 18.6 Å². The number of hydrogen-bond acceptors (Lipinski definition) is 4. The molecule has 0 aliphatic carbocycles. The normalized spacial score (nSPS) is 14.0.